The maximum Gasteiger partial charge on any atom is 0.137 e. The average molecular weight is 181 g/mol. The summed E-state index contributed by atoms with van der Waals surface area (Å²) in [7, 11) is 1.60. The number of hydrogen-bond acceptors (Lipinski definition) is 3. The summed E-state index contributed by atoms with van der Waals surface area (Å²) in [5.41, 5.74) is 0.278. The van der Waals surface area contributed by atoms with E-state index in [2.05, 4.69) is 4.98 Å². The van der Waals surface area contributed by atoms with Gasteiger partial charge in [0.1, 0.15) is 5.75 Å². The first-order chi connectivity index (χ1) is 6.01. The average Bonchev–Trinajstić information content (AvgIpc) is 2.01. The monoisotopic (exact) mass is 181 g/mol. The molecule has 3 heteroatoms. The van der Waals surface area contributed by atoms with Crippen LogP contribution in [0.3, 0.4) is 0 Å². The van der Waals surface area contributed by atoms with E-state index in [1.165, 1.54) is 0 Å². The molecule has 0 atom stereocenters. The van der Waals surface area contributed by atoms with Gasteiger partial charge in [0.15, 0.2) is 0 Å². The second kappa shape index (κ2) is 3.75. The molecule has 1 N–H and O–H groups in total. The highest BCUT2D eigenvalue weighted by Crippen LogP contribution is 2.15. The molecule has 72 valence electrons. The van der Waals surface area contributed by atoms with Crippen molar-refractivity contribution in [1.29, 1.82) is 0 Å². The van der Waals surface area contributed by atoms with E-state index in [1.807, 2.05) is 6.07 Å². The molecular formula is C10H15NO2. The van der Waals surface area contributed by atoms with Gasteiger partial charge in [-0.2, -0.15) is 0 Å². The van der Waals surface area contributed by atoms with Crippen LogP contribution in [0.1, 0.15) is 19.4 Å². The summed E-state index contributed by atoms with van der Waals surface area (Å²) in [4.78, 5) is 4.00. The van der Waals surface area contributed by atoms with Gasteiger partial charge in [-0.1, -0.05) is 0 Å². The number of methoxy groups -OCH3 is 1. The minimum atomic E-state index is -0.700. The second-order valence-electron chi connectivity index (χ2n) is 3.72. The summed E-state index contributed by atoms with van der Waals surface area (Å²) in [6.45, 7) is 3.54. The number of pyridine rings is 1. The van der Waals surface area contributed by atoms with Gasteiger partial charge in [0, 0.05) is 12.6 Å². The van der Waals surface area contributed by atoms with Crippen LogP contribution in [0, 0.1) is 0 Å². The lowest BCUT2D eigenvalue weighted by Gasteiger charge is -2.16. The molecule has 0 fully saturated rings. The molecule has 0 saturated carbocycles. The first kappa shape index (κ1) is 9.99. The largest absolute Gasteiger partial charge is 0.495 e. The number of ether oxygens (including phenoxy) is 1. The maximum atomic E-state index is 9.57. The van der Waals surface area contributed by atoms with E-state index >= 15 is 0 Å². The molecule has 0 aliphatic rings. The lowest BCUT2D eigenvalue weighted by Crippen LogP contribution is -2.21. The fraction of sp³-hybridized carbons (Fsp3) is 0.500. The summed E-state index contributed by atoms with van der Waals surface area (Å²) >= 11 is 0. The number of rotatable bonds is 3. The van der Waals surface area contributed by atoms with Crippen molar-refractivity contribution in [3.63, 3.8) is 0 Å². The molecule has 0 aliphatic heterocycles. The highest BCUT2D eigenvalue weighted by atomic mass is 16.5. The predicted octanol–water partition coefficient (Wildman–Crippen LogP) is 1.40. The van der Waals surface area contributed by atoms with Crippen LogP contribution in [0.5, 0.6) is 5.75 Å². The van der Waals surface area contributed by atoms with Crippen molar-refractivity contribution in [3.8, 4) is 5.75 Å². The highest BCUT2D eigenvalue weighted by Gasteiger charge is 2.13. The van der Waals surface area contributed by atoms with Gasteiger partial charge in [0.25, 0.3) is 0 Å². The van der Waals surface area contributed by atoms with Crippen molar-refractivity contribution >= 4 is 0 Å². The number of nitrogens with zero attached hydrogens (tertiary/aromatic N) is 1. The van der Waals surface area contributed by atoms with Crippen molar-refractivity contribution in [3.05, 3.63) is 24.0 Å². The molecule has 0 unspecified atom stereocenters. The fourth-order valence-corrected chi connectivity index (χ4v) is 1.17. The molecular weight excluding hydrogens is 166 g/mol. The van der Waals surface area contributed by atoms with Crippen LogP contribution in [-0.2, 0) is 6.42 Å². The third kappa shape index (κ3) is 3.42. The normalized spacial score (nSPS) is 11.4. The zero-order chi connectivity index (χ0) is 9.90. The first-order valence-corrected chi connectivity index (χ1v) is 4.21. The Morgan fingerprint density at radius 3 is 2.69 bits per heavy atom. The van der Waals surface area contributed by atoms with Crippen LogP contribution in [0.2, 0.25) is 0 Å². The third-order valence-corrected chi connectivity index (χ3v) is 1.64. The fourth-order valence-electron chi connectivity index (χ4n) is 1.17. The Balaban J connectivity index is 2.78. The summed E-state index contributed by atoms with van der Waals surface area (Å²) in [6.07, 6.45) is 3.96. The topological polar surface area (TPSA) is 42.4 Å². The Hall–Kier alpha value is -1.09. The van der Waals surface area contributed by atoms with Gasteiger partial charge in [0.2, 0.25) is 0 Å². The van der Waals surface area contributed by atoms with Crippen molar-refractivity contribution in [1.82, 2.24) is 4.98 Å². The van der Waals surface area contributed by atoms with E-state index in [0.717, 1.165) is 11.3 Å². The lowest BCUT2D eigenvalue weighted by molar-refractivity contribution is 0.0808. The van der Waals surface area contributed by atoms with Gasteiger partial charge >= 0.3 is 0 Å². The summed E-state index contributed by atoms with van der Waals surface area (Å²) in [6, 6.07) is 1.88. The van der Waals surface area contributed by atoms with Crippen LogP contribution >= 0.6 is 0 Å². The van der Waals surface area contributed by atoms with Gasteiger partial charge in [-0.3, -0.25) is 4.98 Å². The SMILES string of the molecule is COc1cncc(CC(C)(C)O)c1. The van der Waals surface area contributed by atoms with Crippen molar-refractivity contribution in [2.45, 2.75) is 25.9 Å². The van der Waals surface area contributed by atoms with E-state index in [0.29, 0.717) is 6.42 Å². The molecule has 0 radical (unpaired) electrons. The zero-order valence-electron chi connectivity index (χ0n) is 8.24. The summed E-state index contributed by atoms with van der Waals surface area (Å²) in [5, 5.41) is 9.57. The van der Waals surface area contributed by atoms with E-state index in [-0.39, 0.29) is 0 Å². The van der Waals surface area contributed by atoms with Crippen LogP contribution in [0.4, 0.5) is 0 Å². The van der Waals surface area contributed by atoms with E-state index in [9.17, 15) is 5.11 Å². The molecule has 3 nitrogen and oxygen atoms in total. The van der Waals surface area contributed by atoms with Gasteiger partial charge in [-0.15, -0.1) is 0 Å². The molecule has 0 spiro atoms. The second-order valence-corrected chi connectivity index (χ2v) is 3.72. The minimum absolute atomic E-state index is 0.581. The van der Waals surface area contributed by atoms with Gasteiger partial charge in [-0.05, 0) is 25.5 Å². The Labute approximate surface area is 78.4 Å². The molecule has 1 rings (SSSR count). The molecule has 0 saturated heterocycles. The van der Waals surface area contributed by atoms with Crippen LogP contribution in [0.15, 0.2) is 18.5 Å². The predicted molar refractivity (Wildman–Crippen MR) is 50.8 cm³/mol. The minimum Gasteiger partial charge on any atom is -0.495 e. The number of aromatic nitrogens is 1. The van der Waals surface area contributed by atoms with E-state index in [4.69, 9.17) is 4.74 Å². The highest BCUT2D eigenvalue weighted by molar-refractivity contribution is 5.24. The molecule has 0 aromatic carbocycles. The van der Waals surface area contributed by atoms with Crippen LogP contribution in [0.25, 0.3) is 0 Å². The van der Waals surface area contributed by atoms with Gasteiger partial charge in [-0.25, -0.2) is 0 Å². The summed E-state index contributed by atoms with van der Waals surface area (Å²) < 4.78 is 5.03. The molecule has 0 aliphatic carbocycles. The van der Waals surface area contributed by atoms with Gasteiger partial charge in [0.05, 0.1) is 18.9 Å². The third-order valence-electron chi connectivity index (χ3n) is 1.64. The van der Waals surface area contributed by atoms with Gasteiger partial charge < -0.3 is 9.84 Å². The number of aliphatic hydroxyl groups is 1. The van der Waals surface area contributed by atoms with E-state index < -0.39 is 5.60 Å². The Morgan fingerprint density at radius 1 is 1.46 bits per heavy atom. The molecule has 1 heterocycles. The number of hydrogen-bond donors (Lipinski definition) is 1. The molecule has 1 aromatic rings. The van der Waals surface area contributed by atoms with Crippen molar-refractivity contribution in [2.24, 2.45) is 0 Å². The molecule has 0 amide bonds. The summed E-state index contributed by atoms with van der Waals surface area (Å²) in [5.74, 6) is 0.724. The Bertz CT molecular complexity index is 278. The quantitative estimate of drug-likeness (QED) is 0.766. The van der Waals surface area contributed by atoms with Crippen LogP contribution in [-0.4, -0.2) is 22.8 Å². The maximum absolute atomic E-state index is 9.57. The molecule has 0 bridgehead atoms. The van der Waals surface area contributed by atoms with Crippen LogP contribution < -0.4 is 4.74 Å². The first-order valence-electron chi connectivity index (χ1n) is 4.21. The zero-order valence-corrected chi connectivity index (χ0v) is 8.24. The molecule has 1 aromatic heterocycles. The Kier molecular flexibility index (Phi) is 2.88. The lowest BCUT2D eigenvalue weighted by atomic mass is 10.0. The van der Waals surface area contributed by atoms with E-state index in [1.54, 1.807) is 33.4 Å². The van der Waals surface area contributed by atoms with Crippen molar-refractivity contribution < 1.29 is 9.84 Å². The Morgan fingerprint density at radius 2 is 2.15 bits per heavy atom. The smallest absolute Gasteiger partial charge is 0.137 e. The standard InChI is InChI=1S/C10H15NO2/c1-10(2,12)5-8-4-9(13-3)7-11-6-8/h4,6-7,12H,5H2,1-3H3. The van der Waals surface area contributed by atoms with Crippen molar-refractivity contribution in [2.75, 3.05) is 7.11 Å². The molecule has 13 heavy (non-hydrogen) atoms.